The highest BCUT2D eigenvalue weighted by Gasteiger charge is 2.28. The summed E-state index contributed by atoms with van der Waals surface area (Å²) in [5.41, 5.74) is 3.08. The van der Waals surface area contributed by atoms with Gasteiger partial charge in [-0.3, -0.25) is 0 Å². The molecule has 1 fully saturated rings. The fraction of sp³-hybridized carbons (Fsp3) is 0.455. The van der Waals surface area contributed by atoms with E-state index in [4.69, 9.17) is 11.6 Å². The molecule has 0 atom stereocenters. The predicted octanol–water partition coefficient (Wildman–Crippen LogP) is 2.88. The molecule has 4 heteroatoms. The zero-order valence-electron chi connectivity index (χ0n) is 8.79. The van der Waals surface area contributed by atoms with Crippen LogP contribution in [0.1, 0.15) is 35.7 Å². The normalized spacial score (nSPS) is 16.2. The van der Waals surface area contributed by atoms with Crippen molar-refractivity contribution in [2.24, 2.45) is 0 Å². The van der Waals surface area contributed by atoms with Crippen molar-refractivity contribution in [3.05, 3.63) is 28.2 Å². The largest absolute Gasteiger partial charge is 0.211 e. The Morgan fingerprint density at radius 1 is 1.33 bits per heavy atom. The Hall–Kier alpha value is -1.09. The summed E-state index contributed by atoms with van der Waals surface area (Å²) in [5, 5.41) is 5.15. The number of pyridine rings is 1. The van der Waals surface area contributed by atoms with Crippen LogP contribution in [-0.4, -0.2) is 14.6 Å². The van der Waals surface area contributed by atoms with Crippen molar-refractivity contribution in [1.82, 2.24) is 14.6 Å². The molecule has 0 radical (unpaired) electrons. The molecule has 1 saturated carbocycles. The number of aryl methyl sites for hydroxylation is 2. The van der Waals surface area contributed by atoms with Crippen molar-refractivity contribution in [3.8, 4) is 0 Å². The molecule has 0 aromatic carbocycles. The minimum absolute atomic E-state index is 0.570. The van der Waals surface area contributed by atoms with Gasteiger partial charge in [-0.15, -0.1) is 5.10 Å². The van der Waals surface area contributed by atoms with Gasteiger partial charge in [-0.1, -0.05) is 11.6 Å². The second-order valence-electron chi connectivity index (χ2n) is 4.28. The zero-order chi connectivity index (χ0) is 10.6. The topological polar surface area (TPSA) is 30.2 Å². The summed E-state index contributed by atoms with van der Waals surface area (Å²) < 4.78 is 1.76. The molecular weight excluding hydrogens is 210 g/mol. The smallest absolute Gasteiger partial charge is 0.160 e. The summed E-state index contributed by atoms with van der Waals surface area (Å²) in [6, 6.07) is 2.06. The van der Waals surface area contributed by atoms with Gasteiger partial charge >= 0.3 is 0 Å². The van der Waals surface area contributed by atoms with Crippen molar-refractivity contribution in [3.63, 3.8) is 0 Å². The molecular formula is C11H12ClN3. The van der Waals surface area contributed by atoms with Crippen LogP contribution in [0.3, 0.4) is 0 Å². The van der Waals surface area contributed by atoms with Crippen LogP contribution in [0.5, 0.6) is 0 Å². The molecule has 15 heavy (non-hydrogen) atoms. The number of hydrogen-bond acceptors (Lipinski definition) is 2. The molecule has 78 valence electrons. The molecule has 0 aliphatic heterocycles. The van der Waals surface area contributed by atoms with Gasteiger partial charge in [0, 0.05) is 5.92 Å². The third-order valence-corrected chi connectivity index (χ3v) is 3.32. The number of rotatable bonds is 1. The van der Waals surface area contributed by atoms with Crippen molar-refractivity contribution in [2.75, 3.05) is 0 Å². The first-order valence-corrected chi connectivity index (χ1v) is 5.57. The number of halogens is 1. The molecule has 0 N–H and O–H groups in total. The number of aromatic nitrogens is 3. The number of hydrogen-bond donors (Lipinski definition) is 0. The lowest BCUT2D eigenvalue weighted by Crippen LogP contribution is -1.95. The zero-order valence-corrected chi connectivity index (χ0v) is 9.54. The van der Waals surface area contributed by atoms with Crippen LogP contribution < -0.4 is 0 Å². The van der Waals surface area contributed by atoms with Gasteiger partial charge in [0.05, 0.1) is 0 Å². The second-order valence-corrected chi connectivity index (χ2v) is 4.64. The molecule has 1 aliphatic rings. The summed E-state index contributed by atoms with van der Waals surface area (Å²) >= 11 is 6.20. The average molecular weight is 222 g/mol. The predicted molar refractivity (Wildman–Crippen MR) is 59.4 cm³/mol. The maximum Gasteiger partial charge on any atom is 0.160 e. The lowest BCUT2D eigenvalue weighted by atomic mass is 10.2. The molecule has 2 aromatic rings. The summed E-state index contributed by atoms with van der Waals surface area (Å²) in [4.78, 5) is 4.54. The van der Waals surface area contributed by atoms with Gasteiger partial charge in [0.25, 0.3) is 0 Å². The lowest BCUT2D eigenvalue weighted by Gasteiger charge is -2.02. The molecule has 3 rings (SSSR count). The highest BCUT2D eigenvalue weighted by atomic mass is 35.5. The van der Waals surface area contributed by atoms with E-state index in [1.807, 2.05) is 13.8 Å². The molecule has 2 aromatic heterocycles. The third-order valence-electron chi connectivity index (χ3n) is 2.86. The van der Waals surface area contributed by atoms with E-state index in [-0.39, 0.29) is 0 Å². The van der Waals surface area contributed by atoms with E-state index in [1.165, 1.54) is 12.8 Å². The Balaban J connectivity index is 2.32. The fourth-order valence-electron chi connectivity index (χ4n) is 1.85. The van der Waals surface area contributed by atoms with E-state index in [1.54, 1.807) is 4.52 Å². The maximum absolute atomic E-state index is 6.20. The number of fused-ring (bicyclic) bond motifs is 1. The van der Waals surface area contributed by atoms with Crippen LogP contribution in [0.15, 0.2) is 6.07 Å². The van der Waals surface area contributed by atoms with E-state index in [9.17, 15) is 0 Å². The van der Waals surface area contributed by atoms with Crippen LogP contribution in [0.25, 0.3) is 5.65 Å². The quantitative estimate of drug-likeness (QED) is 0.694. The molecule has 0 amide bonds. The first-order chi connectivity index (χ1) is 7.16. The molecule has 0 bridgehead atoms. The Labute approximate surface area is 93.1 Å². The van der Waals surface area contributed by atoms with Gasteiger partial charge in [0.15, 0.2) is 11.5 Å². The summed E-state index contributed by atoms with van der Waals surface area (Å²) in [7, 11) is 0. The fourth-order valence-corrected chi connectivity index (χ4v) is 2.02. The molecule has 0 unspecified atom stereocenters. The van der Waals surface area contributed by atoms with Gasteiger partial charge in [-0.25, -0.2) is 9.50 Å². The first kappa shape index (κ1) is 9.16. The Bertz CT molecular complexity index is 540. The molecule has 3 nitrogen and oxygen atoms in total. The van der Waals surface area contributed by atoms with E-state index in [2.05, 4.69) is 16.1 Å². The van der Waals surface area contributed by atoms with Crippen molar-refractivity contribution >= 4 is 17.2 Å². The lowest BCUT2D eigenvalue weighted by molar-refractivity contribution is 0.873. The second kappa shape index (κ2) is 2.95. The minimum Gasteiger partial charge on any atom is -0.211 e. The van der Waals surface area contributed by atoms with Crippen molar-refractivity contribution in [2.45, 2.75) is 32.6 Å². The molecule has 0 saturated heterocycles. The van der Waals surface area contributed by atoms with Gasteiger partial charge in [-0.2, -0.15) is 0 Å². The van der Waals surface area contributed by atoms with Crippen LogP contribution in [0, 0.1) is 13.8 Å². The highest BCUT2D eigenvalue weighted by molar-refractivity contribution is 6.30. The Morgan fingerprint density at radius 2 is 2.07 bits per heavy atom. The van der Waals surface area contributed by atoms with E-state index < -0.39 is 0 Å². The third kappa shape index (κ3) is 1.34. The van der Waals surface area contributed by atoms with Crippen LogP contribution in [0.4, 0.5) is 0 Å². The van der Waals surface area contributed by atoms with E-state index >= 15 is 0 Å². The summed E-state index contributed by atoms with van der Waals surface area (Å²) in [5.74, 6) is 1.52. The van der Waals surface area contributed by atoms with Crippen molar-refractivity contribution < 1.29 is 0 Å². The number of nitrogens with zero attached hydrogens (tertiary/aromatic N) is 3. The maximum atomic E-state index is 6.20. The monoisotopic (exact) mass is 221 g/mol. The highest BCUT2D eigenvalue weighted by Crippen LogP contribution is 2.38. The Morgan fingerprint density at radius 3 is 2.73 bits per heavy atom. The molecule has 0 spiro atoms. The van der Waals surface area contributed by atoms with Gasteiger partial charge in [0.2, 0.25) is 0 Å². The summed E-state index contributed by atoms with van der Waals surface area (Å²) in [6.07, 6.45) is 2.43. The molecule has 1 aliphatic carbocycles. The van der Waals surface area contributed by atoms with Crippen LogP contribution in [0.2, 0.25) is 5.15 Å². The van der Waals surface area contributed by atoms with Crippen LogP contribution in [-0.2, 0) is 0 Å². The van der Waals surface area contributed by atoms with Crippen molar-refractivity contribution in [1.29, 1.82) is 0 Å². The summed E-state index contributed by atoms with van der Waals surface area (Å²) in [6.45, 7) is 4.04. The van der Waals surface area contributed by atoms with Gasteiger partial charge in [-0.05, 0) is 43.9 Å². The minimum atomic E-state index is 0.570. The average Bonchev–Trinajstić information content (AvgIpc) is 2.94. The van der Waals surface area contributed by atoms with Crippen LogP contribution >= 0.6 is 11.6 Å². The SMILES string of the molecule is Cc1cc(C)c2nc(C3CC3)nn2c1Cl. The van der Waals surface area contributed by atoms with Gasteiger partial charge in [0.1, 0.15) is 5.15 Å². The molecule has 2 heterocycles. The standard InChI is InChI=1S/C11H12ClN3/c1-6-5-7(2)11-13-10(8-3-4-8)14-15(11)9(6)12/h5,8H,3-4H2,1-2H3. The first-order valence-electron chi connectivity index (χ1n) is 5.19. The Kier molecular flexibility index (Phi) is 1.80. The van der Waals surface area contributed by atoms with Gasteiger partial charge < -0.3 is 0 Å². The van der Waals surface area contributed by atoms with E-state index in [0.29, 0.717) is 11.1 Å². The van der Waals surface area contributed by atoms with E-state index in [0.717, 1.165) is 22.6 Å².